The van der Waals surface area contributed by atoms with Gasteiger partial charge in [-0.15, -0.1) is 0 Å². The molecule has 0 bridgehead atoms. The van der Waals surface area contributed by atoms with Crippen LogP contribution in [0.25, 0.3) is 0 Å². The second kappa shape index (κ2) is 3.34. The van der Waals surface area contributed by atoms with Gasteiger partial charge in [0.05, 0.1) is 0 Å². The molecular formula is C10H13N3O2. The van der Waals surface area contributed by atoms with Gasteiger partial charge < -0.3 is 14.7 Å². The van der Waals surface area contributed by atoms with Gasteiger partial charge in [0.1, 0.15) is 6.26 Å². The Labute approximate surface area is 87.4 Å². The molecule has 2 unspecified atom stereocenters. The van der Waals surface area contributed by atoms with Gasteiger partial charge in [0.25, 0.3) is 5.91 Å². The topological polar surface area (TPSA) is 58.4 Å². The molecule has 2 saturated heterocycles. The monoisotopic (exact) mass is 207 g/mol. The van der Waals surface area contributed by atoms with Crippen LogP contribution in [-0.2, 0) is 0 Å². The van der Waals surface area contributed by atoms with E-state index in [1.165, 1.54) is 6.26 Å². The smallest absolute Gasteiger partial charge is 0.276 e. The number of hydrogen-bond donors (Lipinski definition) is 1. The van der Waals surface area contributed by atoms with Gasteiger partial charge in [-0.3, -0.25) is 4.79 Å². The summed E-state index contributed by atoms with van der Waals surface area (Å²) in [6.45, 7) is 1.84. The number of nitrogens with one attached hydrogen (secondary N) is 1. The number of rotatable bonds is 1. The van der Waals surface area contributed by atoms with Crippen LogP contribution in [0.5, 0.6) is 0 Å². The molecule has 0 spiro atoms. The van der Waals surface area contributed by atoms with Crippen molar-refractivity contribution in [2.24, 2.45) is 0 Å². The predicted molar refractivity (Wildman–Crippen MR) is 52.4 cm³/mol. The SMILES string of the molecule is O=C(c1ccon1)N1CCC2NCCC21. The highest BCUT2D eigenvalue weighted by molar-refractivity contribution is 5.92. The van der Waals surface area contributed by atoms with E-state index in [0.717, 1.165) is 25.9 Å². The lowest BCUT2D eigenvalue weighted by Gasteiger charge is -2.21. The number of carbonyl (C=O) groups excluding carboxylic acids is 1. The molecule has 0 saturated carbocycles. The Bertz CT molecular complexity index is 363. The Hall–Kier alpha value is -1.36. The van der Waals surface area contributed by atoms with Crippen LogP contribution in [0.1, 0.15) is 23.3 Å². The van der Waals surface area contributed by atoms with Crippen LogP contribution < -0.4 is 5.32 Å². The van der Waals surface area contributed by atoms with Gasteiger partial charge in [0.15, 0.2) is 5.69 Å². The van der Waals surface area contributed by atoms with E-state index in [0.29, 0.717) is 17.8 Å². The minimum absolute atomic E-state index is 0.0000463. The van der Waals surface area contributed by atoms with Gasteiger partial charge >= 0.3 is 0 Å². The zero-order valence-electron chi connectivity index (χ0n) is 8.35. The number of hydrogen-bond acceptors (Lipinski definition) is 4. The summed E-state index contributed by atoms with van der Waals surface area (Å²) in [4.78, 5) is 13.9. The standard InChI is InChI=1S/C10H13N3O2/c14-10(8-3-6-15-12-8)13-5-2-7-9(13)1-4-11-7/h3,6-7,9,11H,1-2,4-5H2. The maximum Gasteiger partial charge on any atom is 0.276 e. The van der Waals surface area contributed by atoms with Crippen molar-refractivity contribution >= 4 is 5.91 Å². The first-order chi connectivity index (χ1) is 7.36. The third-order valence-corrected chi connectivity index (χ3v) is 3.31. The van der Waals surface area contributed by atoms with Crippen molar-refractivity contribution in [1.29, 1.82) is 0 Å². The lowest BCUT2D eigenvalue weighted by molar-refractivity contribution is 0.0726. The molecule has 2 atom stereocenters. The molecule has 1 amide bonds. The fourth-order valence-corrected chi connectivity index (χ4v) is 2.59. The summed E-state index contributed by atoms with van der Waals surface area (Å²) in [5.41, 5.74) is 0.419. The lowest BCUT2D eigenvalue weighted by atomic mass is 10.1. The molecule has 0 aromatic carbocycles. The first-order valence-corrected chi connectivity index (χ1v) is 5.31. The number of carbonyl (C=O) groups is 1. The fourth-order valence-electron chi connectivity index (χ4n) is 2.59. The van der Waals surface area contributed by atoms with Gasteiger partial charge in [-0.05, 0) is 19.4 Å². The molecule has 80 valence electrons. The molecule has 3 heterocycles. The zero-order chi connectivity index (χ0) is 10.3. The average molecular weight is 207 g/mol. The Morgan fingerprint density at radius 3 is 3.33 bits per heavy atom. The second-order valence-corrected chi connectivity index (χ2v) is 4.09. The second-order valence-electron chi connectivity index (χ2n) is 4.09. The molecule has 2 aliphatic rings. The molecule has 2 fully saturated rings. The van der Waals surface area contributed by atoms with Gasteiger partial charge in [0, 0.05) is 24.7 Å². The van der Waals surface area contributed by atoms with Crippen LogP contribution in [0.15, 0.2) is 16.9 Å². The maximum absolute atomic E-state index is 12.0. The number of amides is 1. The molecule has 0 radical (unpaired) electrons. The van der Waals surface area contributed by atoms with E-state index in [4.69, 9.17) is 4.52 Å². The zero-order valence-corrected chi connectivity index (χ0v) is 8.35. The minimum atomic E-state index is -0.0000463. The largest absolute Gasteiger partial charge is 0.364 e. The van der Waals surface area contributed by atoms with Gasteiger partial charge in [-0.25, -0.2) is 0 Å². The van der Waals surface area contributed by atoms with Crippen LogP contribution in [-0.4, -0.2) is 41.1 Å². The summed E-state index contributed by atoms with van der Waals surface area (Å²) in [6.07, 6.45) is 3.54. The summed E-state index contributed by atoms with van der Waals surface area (Å²) in [6, 6.07) is 2.47. The number of fused-ring (bicyclic) bond motifs is 1. The highest BCUT2D eigenvalue weighted by Gasteiger charge is 2.40. The van der Waals surface area contributed by atoms with E-state index in [9.17, 15) is 4.79 Å². The molecule has 5 nitrogen and oxygen atoms in total. The molecule has 2 aliphatic heterocycles. The lowest BCUT2D eigenvalue weighted by Crippen LogP contribution is -2.38. The highest BCUT2D eigenvalue weighted by Crippen LogP contribution is 2.26. The first-order valence-electron chi connectivity index (χ1n) is 5.31. The summed E-state index contributed by atoms with van der Waals surface area (Å²) in [7, 11) is 0. The van der Waals surface area contributed by atoms with E-state index in [-0.39, 0.29) is 5.91 Å². The van der Waals surface area contributed by atoms with Crippen molar-refractivity contribution in [3.63, 3.8) is 0 Å². The number of aromatic nitrogens is 1. The van der Waals surface area contributed by atoms with Crippen molar-refractivity contribution in [1.82, 2.24) is 15.4 Å². The van der Waals surface area contributed by atoms with Gasteiger partial charge in [-0.2, -0.15) is 0 Å². The van der Waals surface area contributed by atoms with Crippen molar-refractivity contribution in [3.8, 4) is 0 Å². The van der Waals surface area contributed by atoms with E-state index in [1.54, 1.807) is 6.07 Å². The van der Waals surface area contributed by atoms with Crippen molar-refractivity contribution in [2.75, 3.05) is 13.1 Å². The van der Waals surface area contributed by atoms with Gasteiger partial charge in [0.2, 0.25) is 0 Å². The maximum atomic E-state index is 12.0. The fraction of sp³-hybridized carbons (Fsp3) is 0.600. The van der Waals surface area contributed by atoms with Crippen LogP contribution in [0.4, 0.5) is 0 Å². The highest BCUT2D eigenvalue weighted by atomic mass is 16.5. The molecule has 15 heavy (non-hydrogen) atoms. The minimum Gasteiger partial charge on any atom is -0.364 e. The van der Waals surface area contributed by atoms with Crippen LogP contribution in [0.2, 0.25) is 0 Å². The summed E-state index contributed by atoms with van der Waals surface area (Å²) >= 11 is 0. The number of likely N-dealkylation sites (tertiary alicyclic amines) is 1. The Morgan fingerprint density at radius 2 is 2.53 bits per heavy atom. The molecule has 5 heteroatoms. The number of nitrogens with zero attached hydrogens (tertiary/aromatic N) is 2. The van der Waals surface area contributed by atoms with E-state index in [2.05, 4.69) is 10.5 Å². The molecular weight excluding hydrogens is 194 g/mol. The normalized spacial score (nSPS) is 29.5. The van der Waals surface area contributed by atoms with Gasteiger partial charge in [-0.1, -0.05) is 5.16 Å². The summed E-state index contributed by atoms with van der Waals surface area (Å²) < 4.78 is 4.69. The van der Waals surface area contributed by atoms with Crippen LogP contribution in [0, 0.1) is 0 Å². The quantitative estimate of drug-likeness (QED) is 0.717. The van der Waals surface area contributed by atoms with E-state index < -0.39 is 0 Å². The third-order valence-electron chi connectivity index (χ3n) is 3.31. The van der Waals surface area contributed by atoms with Crippen molar-refractivity contribution in [3.05, 3.63) is 18.0 Å². The van der Waals surface area contributed by atoms with E-state index in [1.807, 2.05) is 4.90 Å². The van der Waals surface area contributed by atoms with Crippen LogP contribution >= 0.6 is 0 Å². The average Bonchev–Trinajstić information content (AvgIpc) is 2.94. The Kier molecular flexibility index (Phi) is 1.98. The van der Waals surface area contributed by atoms with Crippen molar-refractivity contribution in [2.45, 2.75) is 24.9 Å². The molecule has 1 aromatic heterocycles. The first kappa shape index (κ1) is 8.91. The van der Waals surface area contributed by atoms with Crippen LogP contribution in [0.3, 0.4) is 0 Å². The summed E-state index contributed by atoms with van der Waals surface area (Å²) in [5, 5.41) is 7.10. The predicted octanol–water partition coefficient (Wildman–Crippen LogP) is 0.251. The van der Waals surface area contributed by atoms with E-state index >= 15 is 0 Å². The molecule has 3 rings (SSSR count). The molecule has 1 aromatic rings. The summed E-state index contributed by atoms with van der Waals surface area (Å²) in [5.74, 6) is -0.0000463. The molecule has 1 N–H and O–H groups in total. The third kappa shape index (κ3) is 1.34. The Morgan fingerprint density at radius 1 is 1.60 bits per heavy atom. The van der Waals surface area contributed by atoms with Crippen molar-refractivity contribution < 1.29 is 9.32 Å². The molecule has 0 aliphatic carbocycles. The Balaban J connectivity index is 1.80.